The van der Waals surface area contributed by atoms with Crippen LogP contribution >= 0.6 is 0 Å². The number of halogens is 1. The second kappa shape index (κ2) is 6.27. The average molecular weight is 359 g/mol. The number of Topliss-reactive ketones (excluding diaryl/α,β-unsaturated/α-hetero) is 1. The van der Waals surface area contributed by atoms with Crippen molar-refractivity contribution in [2.45, 2.75) is 64.6 Å². The quantitative estimate of drug-likeness (QED) is 0.542. The van der Waals surface area contributed by atoms with E-state index in [2.05, 4.69) is 0 Å². The summed E-state index contributed by atoms with van der Waals surface area (Å²) in [4.78, 5) is 49.8. The molecule has 0 N–H and O–H groups in total. The van der Waals surface area contributed by atoms with Gasteiger partial charge in [-0.2, -0.15) is 0 Å². The summed E-state index contributed by atoms with van der Waals surface area (Å²) in [6.45, 7) is 7.23. The third-order valence-electron chi connectivity index (χ3n) is 3.66. The minimum absolute atomic E-state index is 0.321. The molecule has 0 saturated carbocycles. The molecule has 0 bridgehead atoms. The van der Waals surface area contributed by atoms with Crippen molar-refractivity contribution >= 4 is 23.8 Å². The number of likely N-dealkylation sites (tertiary alicyclic amines) is 1. The number of rotatable bonds is 2. The van der Waals surface area contributed by atoms with E-state index in [0.29, 0.717) is 0 Å². The lowest BCUT2D eigenvalue weighted by Crippen LogP contribution is -2.54. The molecule has 0 aromatic heterocycles. The zero-order valence-electron chi connectivity index (χ0n) is 14.8. The van der Waals surface area contributed by atoms with Gasteiger partial charge in [-0.05, 0) is 20.8 Å². The van der Waals surface area contributed by atoms with E-state index >= 15 is 0 Å². The summed E-state index contributed by atoms with van der Waals surface area (Å²) in [5, 5.41) is 0. The highest BCUT2D eigenvalue weighted by molar-refractivity contribution is 6.17. The van der Waals surface area contributed by atoms with E-state index in [9.17, 15) is 23.6 Å². The lowest BCUT2D eigenvalue weighted by Gasteiger charge is -2.34. The van der Waals surface area contributed by atoms with Crippen molar-refractivity contribution in [3.8, 4) is 0 Å². The molecule has 2 fully saturated rings. The maximum absolute atomic E-state index is 13.8. The second-order valence-electron chi connectivity index (χ2n) is 7.56. The Morgan fingerprint density at radius 2 is 1.72 bits per heavy atom. The van der Waals surface area contributed by atoms with Crippen molar-refractivity contribution in [2.24, 2.45) is 5.92 Å². The first-order chi connectivity index (χ1) is 11.3. The Morgan fingerprint density at radius 3 is 2.20 bits per heavy atom. The second-order valence-corrected chi connectivity index (χ2v) is 7.56. The number of esters is 2. The maximum atomic E-state index is 13.8. The molecule has 0 aliphatic carbocycles. The van der Waals surface area contributed by atoms with Crippen LogP contribution in [0.1, 0.15) is 41.0 Å². The monoisotopic (exact) mass is 359 g/mol. The highest BCUT2D eigenvalue weighted by atomic mass is 19.1. The number of carbonyl (C=O) groups is 4. The lowest BCUT2D eigenvalue weighted by atomic mass is 9.95. The molecule has 8 nitrogen and oxygen atoms in total. The summed E-state index contributed by atoms with van der Waals surface area (Å²) < 4.78 is 28.8. The predicted octanol–water partition coefficient (Wildman–Crippen LogP) is 1.36. The van der Waals surface area contributed by atoms with Crippen molar-refractivity contribution in [1.29, 1.82) is 0 Å². The number of ketones is 1. The molecule has 0 aromatic carbocycles. The first kappa shape index (κ1) is 19.1. The number of hydrogen-bond acceptors (Lipinski definition) is 7. The summed E-state index contributed by atoms with van der Waals surface area (Å²) in [5.74, 6) is -6.39. The molecule has 2 aliphatic rings. The van der Waals surface area contributed by atoms with E-state index in [-0.39, 0.29) is 13.0 Å². The first-order valence-corrected chi connectivity index (χ1v) is 7.94. The summed E-state index contributed by atoms with van der Waals surface area (Å²) in [5.41, 5.74) is -0.841. The van der Waals surface area contributed by atoms with Crippen LogP contribution in [0.5, 0.6) is 0 Å². The van der Waals surface area contributed by atoms with Crippen molar-refractivity contribution in [3.05, 3.63) is 0 Å². The van der Waals surface area contributed by atoms with Crippen molar-refractivity contribution < 1.29 is 37.8 Å². The van der Waals surface area contributed by atoms with Gasteiger partial charge in [0.2, 0.25) is 5.92 Å². The topological polar surface area (TPSA) is 99.2 Å². The van der Waals surface area contributed by atoms with Gasteiger partial charge in [0.15, 0.2) is 5.78 Å². The van der Waals surface area contributed by atoms with Crippen LogP contribution in [0.25, 0.3) is 0 Å². The number of nitrogens with zero attached hydrogens (tertiary/aromatic N) is 1. The minimum Gasteiger partial charge on any atom is -0.444 e. The van der Waals surface area contributed by atoms with E-state index in [4.69, 9.17) is 14.2 Å². The van der Waals surface area contributed by atoms with Crippen LogP contribution in [0.2, 0.25) is 0 Å². The Hall–Kier alpha value is -2.19. The van der Waals surface area contributed by atoms with Gasteiger partial charge in [-0.15, -0.1) is 0 Å². The van der Waals surface area contributed by atoms with Gasteiger partial charge in [0.25, 0.3) is 5.79 Å². The fraction of sp³-hybridized carbons (Fsp3) is 0.750. The Bertz CT molecular complexity index is 590. The van der Waals surface area contributed by atoms with Gasteiger partial charge in [-0.1, -0.05) is 0 Å². The number of ether oxygens (including phenoxy) is 3. The highest BCUT2D eigenvalue weighted by Crippen LogP contribution is 2.30. The van der Waals surface area contributed by atoms with Crippen LogP contribution in [0.4, 0.5) is 9.18 Å². The molecule has 0 aromatic rings. The average Bonchev–Trinajstić information content (AvgIpc) is 2.76. The van der Waals surface area contributed by atoms with Crippen LogP contribution in [0, 0.1) is 5.92 Å². The van der Waals surface area contributed by atoms with E-state index in [1.54, 1.807) is 20.8 Å². The van der Waals surface area contributed by atoms with Gasteiger partial charge in [-0.25, -0.2) is 9.18 Å². The van der Waals surface area contributed by atoms with Crippen LogP contribution in [-0.4, -0.2) is 58.9 Å². The Balaban J connectivity index is 2.20. The van der Waals surface area contributed by atoms with Gasteiger partial charge < -0.3 is 14.2 Å². The molecular formula is C16H22FNO7. The zero-order valence-corrected chi connectivity index (χ0v) is 14.8. The predicted molar refractivity (Wildman–Crippen MR) is 81.0 cm³/mol. The molecule has 2 heterocycles. The molecule has 0 radical (unpaired) electrons. The third kappa shape index (κ3) is 4.26. The minimum atomic E-state index is -1.84. The van der Waals surface area contributed by atoms with Crippen molar-refractivity contribution in [3.63, 3.8) is 0 Å². The number of hydrogen-bond donors (Lipinski definition) is 0. The fourth-order valence-corrected chi connectivity index (χ4v) is 2.72. The summed E-state index contributed by atoms with van der Waals surface area (Å²) in [7, 11) is 0. The fourth-order valence-electron chi connectivity index (χ4n) is 2.72. The van der Waals surface area contributed by atoms with Crippen LogP contribution in [-0.2, 0) is 28.6 Å². The molecule has 2 rings (SSSR count). The summed E-state index contributed by atoms with van der Waals surface area (Å²) >= 11 is 0. The van der Waals surface area contributed by atoms with Gasteiger partial charge >= 0.3 is 18.0 Å². The maximum Gasteiger partial charge on any atom is 0.411 e. The SMILES string of the molecule is CC(C)(C)OC(=O)N1C[C@H](F)CC1C(=O)C1C(=O)OC(C)(C)OC1=O. The Morgan fingerprint density at radius 1 is 1.20 bits per heavy atom. The number of carbonyl (C=O) groups excluding carboxylic acids is 4. The van der Waals surface area contributed by atoms with Crippen molar-refractivity contribution in [1.82, 2.24) is 4.90 Å². The van der Waals surface area contributed by atoms with Crippen LogP contribution < -0.4 is 0 Å². The highest BCUT2D eigenvalue weighted by Gasteiger charge is 2.52. The Kier molecular flexibility index (Phi) is 4.80. The number of amides is 1. The van der Waals surface area contributed by atoms with E-state index in [0.717, 1.165) is 4.90 Å². The molecule has 1 unspecified atom stereocenters. The van der Waals surface area contributed by atoms with Gasteiger partial charge in [0, 0.05) is 20.3 Å². The number of cyclic esters (lactones) is 2. The largest absolute Gasteiger partial charge is 0.444 e. The van der Waals surface area contributed by atoms with Crippen molar-refractivity contribution in [2.75, 3.05) is 6.54 Å². The van der Waals surface area contributed by atoms with E-state index in [1.807, 2.05) is 0 Å². The van der Waals surface area contributed by atoms with Crippen LogP contribution in [0.3, 0.4) is 0 Å². The molecule has 2 saturated heterocycles. The van der Waals surface area contributed by atoms with E-state index in [1.165, 1.54) is 13.8 Å². The number of alkyl halides is 1. The summed E-state index contributed by atoms with van der Waals surface area (Å²) in [6.07, 6.45) is -2.67. The zero-order chi connectivity index (χ0) is 19.2. The van der Waals surface area contributed by atoms with Gasteiger partial charge in [-0.3, -0.25) is 19.3 Å². The molecule has 0 spiro atoms. The molecule has 25 heavy (non-hydrogen) atoms. The lowest BCUT2D eigenvalue weighted by molar-refractivity contribution is -0.238. The standard InChI is InChI=1S/C16H22FNO7/c1-15(2,3)25-14(22)18-7-8(17)6-9(18)11(19)10-12(20)23-16(4,5)24-13(10)21/h8-10H,6-7H2,1-5H3/t8-,9?/m1/s1. The summed E-state index contributed by atoms with van der Waals surface area (Å²) in [6, 6.07) is -1.30. The van der Waals surface area contributed by atoms with Gasteiger partial charge in [0.05, 0.1) is 12.6 Å². The molecular weight excluding hydrogens is 337 g/mol. The normalized spacial score (nSPS) is 26.9. The first-order valence-electron chi connectivity index (χ1n) is 7.94. The Labute approximate surface area is 144 Å². The molecule has 2 atom stereocenters. The smallest absolute Gasteiger partial charge is 0.411 e. The van der Waals surface area contributed by atoms with E-state index < -0.39 is 53.3 Å². The van der Waals surface area contributed by atoms with Gasteiger partial charge in [0.1, 0.15) is 11.8 Å². The molecule has 2 aliphatic heterocycles. The van der Waals surface area contributed by atoms with Crippen LogP contribution in [0.15, 0.2) is 0 Å². The molecule has 1 amide bonds. The third-order valence-corrected chi connectivity index (χ3v) is 3.66. The molecule has 9 heteroatoms. The molecule has 140 valence electrons.